The Kier molecular flexibility index (Phi) is 6.34. The second kappa shape index (κ2) is 9.32. The summed E-state index contributed by atoms with van der Waals surface area (Å²) in [6, 6.07) is 16.3. The highest BCUT2D eigenvalue weighted by molar-refractivity contribution is 5.85. The van der Waals surface area contributed by atoms with Gasteiger partial charge in [-0.1, -0.05) is 24.3 Å². The van der Waals surface area contributed by atoms with Crippen molar-refractivity contribution in [3.63, 3.8) is 0 Å². The third-order valence-electron chi connectivity index (χ3n) is 5.59. The topological polar surface area (TPSA) is 56.7 Å². The summed E-state index contributed by atoms with van der Waals surface area (Å²) in [5.41, 5.74) is 2.88. The number of nitrogens with zero attached hydrogens (tertiary/aromatic N) is 3. The zero-order valence-corrected chi connectivity index (χ0v) is 16.9. The van der Waals surface area contributed by atoms with Crippen molar-refractivity contribution >= 4 is 5.97 Å². The van der Waals surface area contributed by atoms with Crippen LogP contribution in [0.15, 0.2) is 66.9 Å². The number of carboxylic acids is 1. The molecule has 31 heavy (non-hydrogen) atoms. The van der Waals surface area contributed by atoms with Crippen molar-refractivity contribution in [1.82, 2.24) is 14.8 Å². The summed E-state index contributed by atoms with van der Waals surface area (Å²) in [4.78, 5) is 19.6. The number of benzene rings is 2. The fraction of sp³-hybridized carbons (Fsp3) is 0.250. The molecule has 0 radical (unpaired) electrons. The normalized spacial score (nSPS) is 15.3. The number of piperazine rings is 1. The van der Waals surface area contributed by atoms with Crippen LogP contribution < -0.4 is 0 Å². The maximum atomic E-state index is 13.5. The van der Waals surface area contributed by atoms with Crippen molar-refractivity contribution in [3.05, 3.63) is 101 Å². The van der Waals surface area contributed by atoms with Gasteiger partial charge in [-0.05, 0) is 53.1 Å². The van der Waals surface area contributed by atoms with Crippen molar-refractivity contribution < 1.29 is 18.7 Å². The highest BCUT2D eigenvalue weighted by Gasteiger charge is 2.26. The second-order valence-electron chi connectivity index (χ2n) is 7.67. The Labute approximate surface area is 179 Å². The molecule has 5 nitrogen and oxygen atoms in total. The SMILES string of the molecule is O=C(O)c1cc(CN2CCN(C(c3ccc(F)cc3)c3ccc(F)cc3)CC2)ccn1. The maximum Gasteiger partial charge on any atom is 0.354 e. The zero-order chi connectivity index (χ0) is 21.8. The predicted molar refractivity (Wildman–Crippen MR) is 113 cm³/mol. The van der Waals surface area contributed by atoms with E-state index < -0.39 is 5.97 Å². The van der Waals surface area contributed by atoms with E-state index >= 15 is 0 Å². The quantitative estimate of drug-likeness (QED) is 0.650. The molecule has 0 amide bonds. The van der Waals surface area contributed by atoms with Crippen molar-refractivity contribution in [1.29, 1.82) is 0 Å². The minimum atomic E-state index is -1.03. The molecule has 0 aliphatic carbocycles. The van der Waals surface area contributed by atoms with Crippen molar-refractivity contribution in [2.24, 2.45) is 0 Å². The number of aromatic carboxylic acids is 1. The average Bonchev–Trinajstić information content (AvgIpc) is 2.78. The Morgan fingerprint density at radius 1 is 0.903 bits per heavy atom. The number of halogens is 2. The average molecular weight is 423 g/mol. The molecule has 0 spiro atoms. The van der Waals surface area contributed by atoms with E-state index in [-0.39, 0.29) is 23.4 Å². The molecule has 3 aromatic rings. The summed E-state index contributed by atoms with van der Waals surface area (Å²) in [5.74, 6) is -1.61. The first-order valence-electron chi connectivity index (χ1n) is 10.1. The number of carbonyl (C=O) groups is 1. The van der Waals surface area contributed by atoms with Gasteiger partial charge in [0.05, 0.1) is 6.04 Å². The van der Waals surface area contributed by atoms with Crippen molar-refractivity contribution in [2.75, 3.05) is 26.2 Å². The molecule has 1 saturated heterocycles. The fourth-order valence-electron chi connectivity index (χ4n) is 4.03. The molecule has 2 aromatic carbocycles. The van der Waals surface area contributed by atoms with Crippen molar-refractivity contribution in [3.8, 4) is 0 Å². The van der Waals surface area contributed by atoms with E-state index in [1.54, 1.807) is 30.3 Å². The number of pyridine rings is 1. The summed E-state index contributed by atoms with van der Waals surface area (Å²) in [6.07, 6.45) is 1.52. The van der Waals surface area contributed by atoms with Crippen molar-refractivity contribution in [2.45, 2.75) is 12.6 Å². The lowest BCUT2D eigenvalue weighted by Gasteiger charge is -2.40. The molecular weight excluding hydrogens is 400 g/mol. The van der Waals surface area contributed by atoms with Gasteiger partial charge in [-0.15, -0.1) is 0 Å². The van der Waals surface area contributed by atoms with Gasteiger partial charge in [-0.2, -0.15) is 0 Å². The first kappa shape index (κ1) is 21.1. The number of hydrogen-bond donors (Lipinski definition) is 1. The highest BCUT2D eigenvalue weighted by atomic mass is 19.1. The van der Waals surface area contributed by atoms with E-state index in [1.165, 1.54) is 30.5 Å². The van der Waals surface area contributed by atoms with Crippen LogP contribution in [0.25, 0.3) is 0 Å². The molecule has 1 aliphatic rings. The summed E-state index contributed by atoms with van der Waals surface area (Å²) in [7, 11) is 0. The van der Waals surface area contributed by atoms with Gasteiger partial charge >= 0.3 is 5.97 Å². The third-order valence-corrected chi connectivity index (χ3v) is 5.59. The van der Waals surface area contributed by atoms with Crippen LogP contribution in [-0.4, -0.2) is 52.0 Å². The Morgan fingerprint density at radius 3 is 1.97 bits per heavy atom. The molecule has 0 bridgehead atoms. The van der Waals surface area contributed by atoms with Crippen LogP contribution in [0.4, 0.5) is 8.78 Å². The molecule has 1 fully saturated rings. The number of hydrogen-bond acceptors (Lipinski definition) is 4. The van der Waals surface area contributed by atoms with E-state index in [4.69, 9.17) is 5.11 Å². The van der Waals surface area contributed by atoms with E-state index in [0.29, 0.717) is 6.54 Å². The van der Waals surface area contributed by atoms with E-state index in [9.17, 15) is 13.6 Å². The predicted octanol–water partition coefficient (Wildman–Crippen LogP) is 3.97. The zero-order valence-electron chi connectivity index (χ0n) is 16.9. The molecule has 0 atom stereocenters. The minimum Gasteiger partial charge on any atom is -0.477 e. The van der Waals surface area contributed by atoms with E-state index in [1.807, 2.05) is 6.07 Å². The van der Waals surface area contributed by atoms with Gasteiger partial charge in [0.15, 0.2) is 0 Å². The number of aromatic nitrogens is 1. The third kappa shape index (κ3) is 5.13. The molecule has 1 aliphatic heterocycles. The summed E-state index contributed by atoms with van der Waals surface area (Å²) < 4.78 is 26.9. The van der Waals surface area contributed by atoms with Gasteiger partial charge in [0.2, 0.25) is 0 Å². The molecular formula is C24H23F2N3O2. The molecule has 7 heteroatoms. The Morgan fingerprint density at radius 2 is 1.45 bits per heavy atom. The lowest BCUT2D eigenvalue weighted by atomic mass is 9.96. The first-order valence-corrected chi connectivity index (χ1v) is 10.1. The molecule has 1 N–H and O–H groups in total. The Bertz CT molecular complexity index is 988. The van der Waals surface area contributed by atoms with Crippen LogP contribution in [0, 0.1) is 11.6 Å². The number of carboxylic acid groups (broad SMARTS) is 1. The summed E-state index contributed by atoms with van der Waals surface area (Å²) in [6.45, 7) is 3.79. The fourth-order valence-corrected chi connectivity index (χ4v) is 4.03. The van der Waals surface area contributed by atoms with E-state index in [2.05, 4.69) is 14.8 Å². The Balaban J connectivity index is 1.48. The standard InChI is InChI=1S/C24H23F2N3O2/c25-20-5-1-18(2-6-20)23(19-3-7-21(26)8-4-19)29-13-11-28(12-14-29)16-17-9-10-27-22(15-17)24(30)31/h1-10,15,23H,11-14,16H2,(H,30,31). The van der Waals surface area contributed by atoms with Gasteiger partial charge in [0.1, 0.15) is 17.3 Å². The molecule has 1 aromatic heterocycles. The van der Waals surface area contributed by atoms with Gasteiger partial charge in [0, 0.05) is 38.9 Å². The van der Waals surface area contributed by atoms with Crippen LogP contribution in [0.1, 0.15) is 33.2 Å². The first-order chi connectivity index (χ1) is 15.0. The lowest BCUT2D eigenvalue weighted by molar-refractivity contribution is 0.0690. The van der Waals surface area contributed by atoms with Crippen LogP contribution in [0.2, 0.25) is 0 Å². The van der Waals surface area contributed by atoms with Gasteiger partial charge in [0.25, 0.3) is 0 Å². The molecule has 160 valence electrons. The molecule has 0 saturated carbocycles. The second-order valence-corrected chi connectivity index (χ2v) is 7.67. The largest absolute Gasteiger partial charge is 0.477 e. The smallest absolute Gasteiger partial charge is 0.354 e. The summed E-state index contributed by atoms with van der Waals surface area (Å²) in [5, 5.41) is 9.13. The van der Waals surface area contributed by atoms with E-state index in [0.717, 1.165) is 42.9 Å². The van der Waals surface area contributed by atoms with Crippen LogP contribution in [0.3, 0.4) is 0 Å². The highest BCUT2D eigenvalue weighted by Crippen LogP contribution is 2.30. The monoisotopic (exact) mass is 423 g/mol. The maximum absolute atomic E-state index is 13.5. The molecule has 0 unspecified atom stereocenters. The minimum absolute atomic E-state index is 0.0452. The molecule has 4 rings (SSSR count). The van der Waals surface area contributed by atoms with Crippen LogP contribution in [-0.2, 0) is 6.54 Å². The van der Waals surface area contributed by atoms with Crippen LogP contribution >= 0.6 is 0 Å². The van der Waals surface area contributed by atoms with Gasteiger partial charge in [-0.3, -0.25) is 9.80 Å². The summed E-state index contributed by atoms with van der Waals surface area (Å²) >= 11 is 0. The molecule has 2 heterocycles. The van der Waals surface area contributed by atoms with Crippen LogP contribution in [0.5, 0.6) is 0 Å². The lowest BCUT2D eigenvalue weighted by Crippen LogP contribution is -2.47. The number of rotatable bonds is 6. The Hall–Kier alpha value is -3.16. The van der Waals surface area contributed by atoms with Gasteiger partial charge < -0.3 is 5.11 Å². The van der Waals surface area contributed by atoms with Gasteiger partial charge in [-0.25, -0.2) is 18.6 Å².